The van der Waals surface area contributed by atoms with Crippen LogP contribution >= 0.6 is 0 Å². The number of carbonyl (C=O) groups is 1. The lowest BCUT2D eigenvalue weighted by Gasteiger charge is -2.27. The van der Waals surface area contributed by atoms with Crippen molar-refractivity contribution in [2.75, 3.05) is 26.2 Å². The highest BCUT2D eigenvalue weighted by Crippen LogP contribution is 2.22. The normalized spacial score (nSPS) is 16.4. The third-order valence-corrected chi connectivity index (χ3v) is 4.55. The lowest BCUT2D eigenvalue weighted by Crippen LogP contribution is -2.46. The van der Waals surface area contributed by atoms with Crippen molar-refractivity contribution in [2.45, 2.75) is 45.1 Å². The van der Waals surface area contributed by atoms with Gasteiger partial charge in [0.25, 0.3) is 0 Å². The Morgan fingerprint density at radius 1 is 1.29 bits per heavy atom. The smallest absolute Gasteiger partial charge is 0.317 e. The van der Waals surface area contributed by atoms with Gasteiger partial charge in [0, 0.05) is 13.1 Å². The van der Waals surface area contributed by atoms with Crippen molar-refractivity contribution >= 4 is 6.03 Å². The molecule has 0 aromatic heterocycles. The minimum atomic E-state index is -0.703. The molecule has 5 nitrogen and oxygen atoms in total. The van der Waals surface area contributed by atoms with Crippen LogP contribution < -0.4 is 10.1 Å². The number of para-hydroxylation sites is 1. The average molecular weight is 334 g/mol. The van der Waals surface area contributed by atoms with Crippen LogP contribution in [0.3, 0.4) is 0 Å². The number of aliphatic hydroxyl groups excluding tert-OH is 1. The minimum absolute atomic E-state index is 0.0955. The molecular formula is C19H30N2O3. The second-order valence-electron chi connectivity index (χ2n) is 6.51. The summed E-state index contributed by atoms with van der Waals surface area (Å²) in [6.07, 6.45) is 5.57. The van der Waals surface area contributed by atoms with Crippen molar-refractivity contribution < 1.29 is 14.6 Å². The Morgan fingerprint density at radius 3 is 2.67 bits per heavy atom. The lowest BCUT2D eigenvalue weighted by molar-refractivity contribution is 0.0778. The highest BCUT2D eigenvalue weighted by atomic mass is 16.5. The molecule has 0 radical (unpaired) electrons. The lowest BCUT2D eigenvalue weighted by atomic mass is 9.89. The first kappa shape index (κ1) is 18.6. The van der Waals surface area contributed by atoms with Gasteiger partial charge in [-0.25, -0.2) is 4.79 Å². The number of rotatable bonds is 8. The van der Waals surface area contributed by atoms with E-state index in [4.69, 9.17) is 4.74 Å². The Hall–Kier alpha value is -1.75. The zero-order valence-electron chi connectivity index (χ0n) is 14.6. The van der Waals surface area contributed by atoms with Crippen molar-refractivity contribution in [2.24, 2.45) is 5.92 Å². The van der Waals surface area contributed by atoms with E-state index in [1.165, 1.54) is 32.1 Å². The van der Waals surface area contributed by atoms with Crippen LogP contribution in [0.5, 0.6) is 5.75 Å². The Labute approximate surface area is 145 Å². The molecule has 0 unspecified atom stereocenters. The molecule has 5 heteroatoms. The maximum Gasteiger partial charge on any atom is 0.317 e. The van der Waals surface area contributed by atoms with Crippen molar-refractivity contribution in [1.29, 1.82) is 0 Å². The minimum Gasteiger partial charge on any atom is -0.491 e. The van der Waals surface area contributed by atoms with E-state index in [1.54, 1.807) is 4.90 Å². The van der Waals surface area contributed by atoms with Crippen LogP contribution in [-0.2, 0) is 0 Å². The molecule has 1 fully saturated rings. The van der Waals surface area contributed by atoms with Gasteiger partial charge in [-0.1, -0.05) is 37.5 Å². The Morgan fingerprint density at radius 2 is 2.00 bits per heavy atom. The summed E-state index contributed by atoms with van der Waals surface area (Å²) in [6, 6.07) is 9.29. The van der Waals surface area contributed by atoms with Crippen LogP contribution in [0.1, 0.15) is 39.0 Å². The average Bonchev–Trinajstić information content (AvgIpc) is 2.64. The third-order valence-electron chi connectivity index (χ3n) is 4.55. The molecule has 2 amide bonds. The molecule has 0 aliphatic heterocycles. The third kappa shape index (κ3) is 6.40. The number of nitrogens with zero attached hydrogens (tertiary/aromatic N) is 1. The molecule has 1 aromatic rings. The molecule has 1 atom stereocenters. The molecule has 134 valence electrons. The van der Waals surface area contributed by atoms with Gasteiger partial charge in [-0.05, 0) is 37.8 Å². The van der Waals surface area contributed by atoms with Crippen molar-refractivity contribution in [1.82, 2.24) is 10.2 Å². The van der Waals surface area contributed by atoms with E-state index in [9.17, 15) is 9.90 Å². The SMILES string of the molecule is CCN(C[C@@H](O)COc1ccccc1)C(=O)NCC1CCCCC1. The van der Waals surface area contributed by atoms with Crippen molar-refractivity contribution in [3.63, 3.8) is 0 Å². The van der Waals surface area contributed by atoms with Gasteiger partial charge < -0.3 is 20.1 Å². The van der Waals surface area contributed by atoms with Crippen LogP contribution in [0.4, 0.5) is 4.79 Å². The fourth-order valence-corrected chi connectivity index (χ4v) is 3.11. The fourth-order valence-electron chi connectivity index (χ4n) is 3.11. The summed E-state index contributed by atoms with van der Waals surface area (Å²) in [5, 5.41) is 13.1. The van der Waals surface area contributed by atoms with Gasteiger partial charge in [0.1, 0.15) is 18.5 Å². The van der Waals surface area contributed by atoms with Gasteiger partial charge in [-0.15, -0.1) is 0 Å². The highest BCUT2D eigenvalue weighted by molar-refractivity contribution is 5.74. The predicted octanol–water partition coefficient (Wildman–Crippen LogP) is 3.04. The molecule has 0 spiro atoms. The molecule has 0 bridgehead atoms. The maximum atomic E-state index is 12.3. The van der Waals surface area contributed by atoms with Gasteiger partial charge in [0.05, 0.1) is 6.54 Å². The van der Waals surface area contributed by atoms with Gasteiger partial charge in [-0.2, -0.15) is 0 Å². The summed E-state index contributed by atoms with van der Waals surface area (Å²) in [5.41, 5.74) is 0. The van der Waals surface area contributed by atoms with Gasteiger partial charge in [0.15, 0.2) is 0 Å². The Bertz CT molecular complexity index is 475. The summed E-state index contributed by atoms with van der Waals surface area (Å²) < 4.78 is 5.54. The van der Waals surface area contributed by atoms with Crippen molar-refractivity contribution in [3.05, 3.63) is 30.3 Å². The molecule has 1 saturated carbocycles. The van der Waals surface area contributed by atoms with Crippen LogP contribution in [0, 0.1) is 5.92 Å². The molecule has 0 heterocycles. The highest BCUT2D eigenvalue weighted by Gasteiger charge is 2.19. The largest absolute Gasteiger partial charge is 0.491 e. The van der Waals surface area contributed by atoms with E-state index in [0.717, 1.165) is 12.3 Å². The molecule has 0 saturated heterocycles. The number of aliphatic hydroxyl groups is 1. The first-order chi connectivity index (χ1) is 11.7. The van der Waals surface area contributed by atoms with Crippen LogP contribution in [-0.4, -0.2) is 48.4 Å². The predicted molar refractivity (Wildman–Crippen MR) is 95.2 cm³/mol. The standard InChI is InChI=1S/C19H30N2O3/c1-2-21(19(23)20-13-16-9-5-3-6-10-16)14-17(22)15-24-18-11-7-4-8-12-18/h4,7-8,11-12,16-17,22H,2-3,5-6,9-10,13-15H2,1H3,(H,20,23)/t17-/m1/s1. The maximum absolute atomic E-state index is 12.3. The molecule has 1 aromatic carbocycles. The number of urea groups is 1. The van der Waals surface area contributed by atoms with Crippen LogP contribution in [0.25, 0.3) is 0 Å². The Kier molecular flexibility index (Phi) is 7.89. The number of hydrogen-bond acceptors (Lipinski definition) is 3. The van der Waals surface area contributed by atoms with Gasteiger partial charge in [-0.3, -0.25) is 0 Å². The van der Waals surface area contributed by atoms with E-state index in [0.29, 0.717) is 12.5 Å². The number of ether oxygens (including phenoxy) is 1. The molecule has 1 aliphatic rings. The van der Waals surface area contributed by atoms with E-state index < -0.39 is 6.10 Å². The van der Waals surface area contributed by atoms with E-state index >= 15 is 0 Å². The topological polar surface area (TPSA) is 61.8 Å². The summed E-state index contributed by atoms with van der Waals surface area (Å²) in [7, 11) is 0. The monoisotopic (exact) mass is 334 g/mol. The molecule has 2 rings (SSSR count). The number of carbonyl (C=O) groups excluding carboxylic acids is 1. The number of amides is 2. The fraction of sp³-hybridized carbons (Fsp3) is 0.632. The molecule has 24 heavy (non-hydrogen) atoms. The zero-order valence-corrected chi connectivity index (χ0v) is 14.6. The molecule has 2 N–H and O–H groups in total. The first-order valence-corrected chi connectivity index (χ1v) is 9.07. The van der Waals surface area contributed by atoms with Gasteiger partial charge >= 0.3 is 6.03 Å². The Balaban J connectivity index is 1.70. The summed E-state index contributed by atoms with van der Waals surface area (Å²) in [5.74, 6) is 1.33. The summed E-state index contributed by atoms with van der Waals surface area (Å²) >= 11 is 0. The number of benzene rings is 1. The first-order valence-electron chi connectivity index (χ1n) is 9.07. The van der Waals surface area contributed by atoms with E-state index in [1.807, 2.05) is 37.3 Å². The van der Waals surface area contributed by atoms with Gasteiger partial charge in [0.2, 0.25) is 0 Å². The molecular weight excluding hydrogens is 304 g/mol. The summed E-state index contributed by atoms with van der Waals surface area (Å²) in [4.78, 5) is 13.9. The zero-order chi connectivity index (χ0) is 17.2. The number of hydrogen-bond donors (Lipinski definition) is 2. The van der Waals surface area contributed by atoms with Crippen LogP contribution in [0.15, 0.2) is 30.3 Å². The second-order valence-corrected chi connectivity index (χ2v) is 6.51. The number of nitrogens with one attached hydrogen (secondary N) is 1. The number of likely N-dealkylation sites (N-methyl/N-ethyl adjacent to an activating group) is 1. The van der Waals surface area contributed by atoms with Crippen LogP contribution in [0.2, 0.25) is 0 Å². The second kappa shape index (κ2) is 10.2. The van der Waals surface area contributed by atoms with E-state index in [2.05, 4.69) is 5.32 Å². The quantitative estimate of drug-likeness (QED) is 0.768. The summed E-state index contributed by atoms with van der Waals surface area (Å²) in [6.45, 7) is 3.69. The molecule has 1 aliphatic carbocycles. The van der Waals surface area contributed by atoms with E-state index in [-0.39, 0.29) is 19.2 Å². The van der Waals surface area contributed by atoms with Crippen molar-refractivity contribution in [3.8, 4) is 5.75 Å².